The lowest BCUT2D eigenvalue weighted by atomic mass is 9.83. The van der Waals surface area contributed by atoms with E-state index in [1.54, 1.807) is 62.3 Å². The number of hydrogen-bond donors (Lipinski definition) is 1. The van der Waals surface area contributed by atoms with Crippen molar-refractivity contribution in [1.29, 1.82) is 0 Å². The van der Waals surface area contributed by atoms with Crippen LogP contribution in [0.1, 0.15) is 114 Å². The molecule has 0 fully saturated rings. The first-order valence-electron chi connectivity index (χ1n) is 12.7. The SMILES string of the molecule is CC(C)(C)OC(=O)CCC(CCC(=O)OC(C)(C)C)(CCC(=O)OC(C)(C)C)NC(=O)CCC[N+](=O)[O-]. The number of rotatable bonds is 14. The van der Waals surface area contributed by atoms with Crippen LogP contribution >= 0.6 is 0 Å². The van der Waals surface area contributed by atoms with Gasteiger partial charge in [-0.25, -0.2) is 0 Å². The molecule has 0 spiro atoms. The quantitative estimate of drug-likeness (QED) is 0.150. The summed E-state index contributed by atoms with van der Waals surface area (Å²) < 4.78 is 16.2. The monoisotopic (exact) mass is 530 g/mol. The van der Waals surface area contributed by atoms with E-state index in [9.17, 15) is 29.3 Å². The zero-order chi connectivity index (χ0) is 29.1. The Balaban J connectivity index is 5.88. The molecule has 1 amide bonds. The van der Waals surface area contributed by atoms with Gasteiger partial charge in [0.1, 0.15) is 16.8 Å². The summed E-state index contributed by atoms with van der Waals surface area (Å²) in [5.41, 5.74) is -3.27. The molecule has 0 aliphatic rings. The van der Waals surface area contributed by atoms with Crippen LogP contribution in [0.25, 0.3) is 0 Å². The van der Waals surface area contributed by atoms with Crippen molar-refractivity contribution in [2.45, 2.75) is 136 Å². The van der Waals surface area contributed by atoms with Gasteiger partial charge in [-0.05, 0) is 81.6 Å². The topological polar surface area (TPSA) is 151 Å². The molecule has 0 rings (SSSR count). The minimum atomic E-state index is -1.14. The lowest BCUT2D eigenvalue weighted by Crippen LogP contribution is -2.50. The predicted octanol–water partition coefficient (Wildman–Crippen LogP) is 4.26. The van der Waals surface area contributed by atoms with Gasteiger partial charge in [-0.15, -0.1) is 0 Å². The van der Waals surface area contributed by atoms with Crippen molar-refractivity contribution in [2.24, 2.45) is 0 Å². The number of carbonyl (C=O) groups is 4. The summed E-state index contributed by atoms with van der Waals surface area (Å²) in [6.45, 7) is 15.3. The third kappa shape index (κ3) is 19.1. The molecular weight excluding hydrogens is 484 g/mol. The van der Waals surface area contributed by atoms with Gasteiger partial charge in [-0.3, -0.25) is 29.3 Å². The number of esters is 3. The molecule has 0 aliphatic heterocycles. The molecule has 37 heavy (non-hydrogen) atoms. The molecule has 11 nitrogen and oxygen atoms in total. The summed E-state index contributed by atoms with van der Waals surface area (Å²) in [4.78, 5) is 60.4. The lowest BCUT2D eigenvalue weighted by Gasteiger charge is -2.36. The first-order valence-corrected chi connectivity index (χ1v) is 12.7. The number of nitrogens with one attached hydrogen (secondary N) is 1. The lowest BCUT2D eigenvalue weighted by molar-refractivity contribution is -0.480. The average molecular weight is 531 g/mol. The van der Waals surface area contributed by atoms with Gasteiger partial charge in [-0.2, -0.15) is 0 Å². The second-order valence-electron chi connectivity index (χ2n) is 12.2. The van der Waals surface area contributed by atoms with E-state index in [4.69, 9.17) is 14.2 Å². The fourth-order valence-corrected chi connectivity index (χ4v) is 3.49. The fraction of sp³-hybridized carbons (Fsp3) is 0.846. The predicted molar refractivity (Wildman–Crippen MR) is 137 cm³/mol. The highest BCUT2D eigenvalue weighted by Gasteiger charge is 2.35. The number of nitro groups is 1. The Morgan fingerprint density at radius 2 is 0.973 bits per heavy atom. The Kier molecular flexibility index (Phi) is 13.2. The fourth-order valence-electron chi connectivity index (χ4n) is 3.49. The molecule has 0 radical (unpaired) electrons. The molecule has 0 saturated heterocycles. The van der Waals surface area contributed by atoms with Crippen LogP contribution in [0.3, 0.4) is 0 Å². The van der Waals surface area contributed by atoms with Crippen LogP contribution in [0.5, 0.6) is 0 Å². The molecule has 0 saturated carbocycles. The van der Waals surface area contributed by atoms with Crippen LogP contribution in [-0.4, -0.2) is 57.6 Å². The van der Waals surface area contributed by atoms with Crippen molar-refractivity contribution >= 4 is 23.8 Å². The van der Waals surface area contributed by atoms with Gasteiger partial charge < -0.3 is 19.5 Å². The second-order valence-corrected chi connectivity index (χ2v) is 12.2. The van der Waals surface area contributed by atoms with Crippen molar-refractivity contribution in [2.75, 3.05) is 6.54 Å². The standard InChI is InChI=1S/C26H46N2O9/c1-23(2,3)35-20(30)12-15-26(16-13-21(31)36-24(4,5)6,17-14-22(32)37-25(7,8)9)27-19(29)11-10-18-28(33)34/h10-18H2,1-9H3,(H,27,29). The highest BCUT2D eigenvalue weighted by atomic mass is 16.6. The van der Waals surface area contributed by atoms with Crippen LogP contribution in [-0.2, 0) is 33.4 Å². The van der Waals surface area contributed by atoms with Crippen LogP contribution in [0.15, 0.2) is 0 Å². The summed E-state index contributed by atoms with van der Waals surface area (Å²) >= 11 is 0. The molecule has 1 N–H and O–H groups in total. The molecule has 0 aromatic carbocycles. The van der Waals surface area contributed by atoms with E-state index in [2.05, 4.69) is 5.32 Å². The molecule has 0 bridgehead atoms. The van der Waals surface area contributed by atoms with E-state index in [0.29, 0.717) is 0 Å². The maximum Gasteiger partial charge on any atom is 0.306 e. The van der Waals surface area contributed by atoms with Gasteiger partial charge in [0, 0.05) is 42.6 Å². The van der Waals surface area contributed by atoms with Crippen molar-refractivity contribution in [3.63, 3.8) is 0 Å². The summed E-state index contributed by atoms with van der Waals surface area (Å²) in [6.07, 6.45) is -0.0378. The van der Waals surface area contributed by atoms with Gasteiger partial charge in [0.15, 0.2) is 0 Å². The Morgan fingerprint density at radius 1 is 0.649 bits per heavy atom. The van der Waals surface area contributed by atoms with Crippen LogP contribution < -0.4 is 5.32 Å². The second kappa shape index (κ2) is 14.3. The molecule has 0 unspecified atom stereocenters. The maximum absolute atomic E-state index is 12.8. The minimum absolute atomic E-state index is 0.0269. The first kappa shape index (κ1) is 34.3. The molecular formula is C26H46N2O9. The van der Waals surface area contributed by atoms with E-state index >= 15 is 0 Å². The van der Waals surface area contributed by atoms with Gasteiger partial charge in [0.05, 0.1) is 0 Å². The molecule has 0 atom stereocenters. The molecule has 11 heteroatoms. The zero-order valence-electron chi connectivity index (χ0n) is 24.0. The highest BCUT2D eigenvalue weighted by molar-refractivity contribution is 5.78. The summed E-state index contributed by atoms with van der Waals surface area (Å²) in [5.74, 6) is -1.95. The number of hydrogen-bond acceptors (Lipinski definition) is 9. The van der Waals surface area contributed by atoms with E-state index in [1.807, 2.05) is 0 Å². The first-order chi connectivity index (χ1) is 16.6. The van der Waals surface area contributed by atoms with E-state index in [-0.39, 0.29) is 57.9 Å². The Hall–Kier alpha value is -2.72. The molecule has 0 aromatic rings. The van der Waals surface area contributed by atoms with Crippen molar-refractivity contribution in [1.82, 2.24) is 5.32 Å². The third-order valence-electron chi connectivity index (χ3n) is 4.83. The van der Waals surface area contributed by atoms with Gasteiger partial charge in [-0.1, -0.05) is 0 Å². The van der Waals surface area contributed by atoms with Crippen molar-refractivity contribution in [3.8, 4) is 0 Å². The van der Waals surface area contributed by atoms with Gasteiger partial charge in [0.25, 0.3) is 0 Å². The largest absolute Gasteiger partial charge is 0.460 e. The van der Waals surface area contributed by atoms with Crippen LogP contribution in [0.4, 0.5) is 0 Å². The minimum Gasteiger partial charge on any atom is -0.460 e. The van der Waals surface area contributed by atoms with E-state index in [1.165, 1.54) is 0 Å². The normalized spacial score (nSPS) is 12.5. The molecule has 0 aliphatic carbocycles. The zero-order valence-corrected chi connectivity index (χ0v) is 24.0. The van der Waals surface area contributed by atoms with Gasteiger partial charge >= 0.3 is 17.9 Å². The summed E-state index contributed by atoms with van der Waals surface area (Å²) in [5, 5.41) is 13.5. The Bertz CT molecular complexity index is 724. The molecule has 0 aromatic heterocycles. The van der Waals surface area contributed by atoms with E-state index in [0.717, 1.165) is 0 Å². The van der Waals surface area contributed by atoms with Crippen molar-refractivity contribution < 1.29 is 38.3 Å². The number of ether oxygens (including phenoxy) is 3. The Labute approximate surface area is 220 Å². The number of nitrogens with zero attached hydrogens (tertiary/aromatic N) is 1. The number of amides is 1. The summed E-state index contributed by atoms with van der Waals surface area (Å²) in [7, 11) is 0. The third-order valence-corrected chi connectivity index (χ3v) is 4.83. The highest BCUT2D eigenvalue weighted by Crippen LogP contribution is 2.28. The van der Waals surface area contributed by atoms with Gasteiger partial charge in [0.2, 0.25) is 12.5 Å². The van der Waals surface area contributed by atoms with Crippen molar-refractivity contribution in [3.05, 3.63) is 10.1 Å². The van der Waals surface area contributed by atoms with Crippen LogP contribution in [0.2, 0.25) is 0 Å². The van der Waals surface area contributed by atoms with E-state index < -0.39 is 51.1 Å². The molecule has 214 valence electrons. The number of carbonyl (C=O) groups excluding carboxylic acids is 4. The average Bonchev–Trinajstić information content (AvgIpc) is 2.65. The Morgan fingerprint density at radius 3 is 1.24 bits per heavy atom. The summed E-state index contributed by atoms with van der Waals surface area (Å²) in [6, 6.07) is 0. The molecule has 0 heterocycles. The maximum atomic E-state index is 12.8. The van der Waals surface area contributed by atoms with Crippen LogP contribution in [0, 0.1) is 10.1 Å². The smallest absolute Gasteiger partial charge is 0.306 e.